The maximum Gasteiger partial charge on any atom is 0.00669 e. The SMILES string of the molecule is CCCCCCC(C)N1CCCCCCCCCCC1. The van der Waals surface area contributed by atoms with Gasteiger partial charge in [-0.3, -0.25) is 0 Å². The molecule has 0 amide bonds. The fourth-order valence-electron chi connectivity index (χ4n) is 3.47. The summed E-state index contributed by atoms with van der Waals surface area (Å²) in [5, 5.41) is 0. The van der Waals surface area contributed by atoms with Gasteiger partial charge >= 0.3 is 0 Å². The Labute approximate surface area is 128 Å². The number of unbranched alkanes of at least 4 members (excludes halogenated alkanes) is 3. The Balaban J connectivity index is 2.25. The van der Waals surface area contributed by atoms with Gasteiger partial charge in [0.2, 0.25) is 0 Å². The van der Waals surface area contributed by atoms with Crippen molar-refractivity contribution in [3.63, 3.8) is 0 Å². The summed E-state index contributed by atoms with van der Waals surface area (Å²) in [7, 11) is 0. The first kappa shape index (κ1) is 18.0. The van der Waals surface area contributed by atoms with E-state index in [2.05, 4.69) is 18.7 Å². The highest BCUT2D eigenvalue weighted by Gasteiger charge is 2.13. The maximum atomic E-state index is 2.80. The first-order valence-electron chi connectivity index (χ1n) is 9.58. The van der Waals surface area contributed by atoms with Crippen LogP contribution in [0, 0.1) is 0 Å². The minimum atomic E-state index is 0.815. The average Bonchev–Trinajstić information content (AvgIpc) is 2.44. The second kappa shape index (κ2) is 12.7. The van der Waals surface area contributed by atoms with E-state index < -0.39 is 0 Å². The third kappa shape index (κ3) is 9.00. The fraction of sp³-hybridized carbons (Fsp3) is 1.00. The minimum absolute atomic E-state index is 0.815. The van der Waals surface area contributed by atoms with E-state index in [1.54, 1.807) is 0 Å². The van der Waals surface area contributed by atoms with Crippen LogP contribution < -0.4 is 0 Å². The molecule has 0 aromatic carbocycles. The van der Waals surface area contributed by atoms with Crippen molar-refractivity contribution in [2.75, 3.05) is 13.1 Å². The third-order valence-electron chi connectivity index (χ3n) is 4.99. The zero-order chi connectivity index (χ0) is 14.5. The summed E-state index contributed by atoms with van der Waals surface area (Å²) in [4.78, 5) is 2.80. The molecule has 1 saturated heterocycles. The molecule has 0 radical (unpaired) electrons. The highest BCUT2D eigenvalue weighted by atomic mass is 15.1. The topological polar surface area (TPSA) is 3.24 Å². The van der Waals surface area contributed by atoms with E-state index in [-0.39, 0.29) is 0 Å². The second-order valence-corrected chi connectivity index (χ2v) is 6.92. The number of rotatable bonds is 6. The van der Waals surface area contributed by atoms with Gasteiger partial charge in [0.15, 0.2) is 0 Å². The predicted octanol–water partition coefficient (Wildman–Crippen LogP) is 6.17. The van der Waals surface area contributed by atoms with Crippen molar-refractivity contribution in [1.29, 1.82) is 0 Å². The fourth-order valence-corrected chi connectivity index (χ4v) is 3.47. The smallest absolute Gasteiger partial charge is 0.00669 e. The van der Waals surface area contributed by atoms with Crippen molar-refractivity contribution < 1.29 is 0 Å². The molecule has 1 aliphatic heterocycles. The van der Waals surface area contributed by atoms with Crippen LogP contribution in [0.4, 0.5) is 0 Å². The standard InChI is InChI=1S/C19H39N/c1-3-4-5-13-16-19(2)20-17-14-11-9-7-6-8-10-12-15-18-20/h19H,3-18H2,1-2H3. The monoisotopic (exact) mass is 281 g/mol. The van der Waals surface area contributed by atoms with E-state index in [1.165, 1.54) is 103 Å². The summed E-state index contributed by atoms with van der Waals surface area (Å²) in [6.45, 7) is 7.49. The van der Waals surface area contributed by atoms with Crippen molar-refractivity contribution in [1.82, 2.24) is 4.90 Å². The molecule has 120 valence electrons. The first-order chi connectivity index (χ1) is 9.84. The Kier molecular flexibility index (Phi) is 11.4. The van der Waals surface area contributed by atoms with E-state index in [0.717, 1.165) is 6.04 Å². The Morgan fingerprint density at radius 3 is 1.70 bits per heavy atom. The van der Waals surface area contributed by atoms with Gasteiger partial charge in [0, 0.05) is 6.04 Å². The summed E-state index contributed by atoms with van der Waals surface area (Å²) < 4.78 is 0. The van der Waals surface area contributed by atoms with Crippen LogP contribution in [-0.4, -0.2) is 24.0 Å². The number of nitrogens with zero attached hydrogens (tertiary/aromatic N) is 1. The number of hydrogen-bond donors (Lipinski definition) is 0. The highest BCUT2D eigenvalue weighted by Crippen LogP contribution is 2.16. The molecule has 0 aromatic rings. The highest BCUT2D eigenvalue weighted by molar-refractivity contribution is 4.68. The van der Waals surface area contributed by atoms with Gasteiger partial charge in [0.25, 0.3) is 0 Å². The Morgan fingerprint density at radius 1 is 0.700 bits per heavy atom. The molecule has 1 atom stereocenters. The molecular formula is C19H39N. The number of hydrogen-bond acceptors (Lipinski definition) is 1. The van der Waals surface area contributed by atoms with Crippen molar-refractivity contribution in [2.45, 2.75) is 110 Å². The third-order valence-corrected chi connectivity index (χ3v) is 4.99. The summed E-state index contributed by atoms with van der Waals surface area (Å²) >= 11 is 0. The van der Waals surface area contributed by atoms with Crippen molar-refractivity contribution >= 4 is 0 Å². The van der Waals surface area contributed by atoms with Crippen LogP contribution in [0.3, 0.4) is 0 Å². The Hall–Kier alpha value is -0.0400. The summed E-state index contributed by atoms with van der Waals surface area (Å²) in [5.74, 6) is 0. The second-order valence-electron chi connectivity index (χ2n) is 6.92. The lowest BCUT2D eigenvalue weighted by molar-refractivity contribution is 0.186. The van der Waals surface area contributed by atoms with E-state index in [4.69, 9.17) is 0 Å². The predicted molar refractivity (Wildman–Crippen MR) is 91.3 cm³/mol. The zero-order valence-electron chi connectivity index (χ0n) is 14.3. The van der Waals surface area contributed by atoms with Gasteiger partial charge in [-0.15, -0.1) is 0 Å². The summed E-state index contributed by atoms with van der Waals surface area (Å²) in [5.41, 5.74) is 0. The van der Waals surface area contributed by atoms with Gasteiger partial charge < -0.3 is 4.90 Å². The quantitative estimate of drug-likeness (QED) is 0.526. The minimum Gasteiger partial charge on any atom is -0.301 e. The van der Waals surface area contributed by atoms with Crippen molar-refractivity contribution in [3.8, 4) is 0 Å². The van der Waals surface area contributed by atoms with Gasteiger partial charge in [-0.05, 0) is 39.3 Å². The van der Waals surface area contributed by atoms with Crippen LogP contribution in [0.15, 0.2) is 0 Å². The van der Waals surface area contributed by atoms with Crippen LogP contribution in [0.5, 0.6) is 0 Å². The van der Waals surface area contributed by atoms with Gasteiger partial charge in [-0.1, -0.05) is 77.6 Å². The lowest BCUT2D eigenvalue weighted by atomic mass is 10.0. The Morgan fingerprint density at radius 2 is 1.20 bits per heavy atom. The zero-order valence-corrected chi connectivity index (χ0v) is 14.3. The van der Waals surface area contributed by atoms with Gasteiger partial charge in [0.05, 0.1) is 0 Å². The molecule has 0 bridgehead atoms. The van der Waals surface area contributed by atoms with Crippen LogP contribution >= 0.6 is 0 Å². The van der Waals surface area contributed by atoms with E-state index in [9.17, 15) is 0 Å². The van der Waals surface area contributed by atoms with E-state index in [1.807, 2.05) is 0 Å². The van der Waals surface area contributed by atoms with E-state index >= 15 is 0 Å². The molecular weight excluding hydrogens is 242 g/mol. The molecule has 1 rings (SSSR count). The maximum absolute atomic E-state index is 2.80. The van der Waals surface area contributed by atoms with Crippen molar-refractivity contribution in [3.05, 3.63) is 0 Å². The molecule has 20 heavy (non-hydrogen) atoms. The van der Waals surface area contributed by atoms with Gasteiger partial charge in [0.1, 0.15) is 0 Å². The molecule has 1 heterocycles. The average molecular weight is 282 g/mol. The largest absolute Gasteiger partial charge is 0.301 e. The van der Waals surface area contributed by atoms with Gasteiger partial charge in [-0.25, -0.2) is 0 Å². The van der Waals surface area contributed by atoms with E-state index in [0.29, 0.717) is 0 Å². The van der Waals surface area contributed by atoms with Crippen LogP contribution in [0.25, 0.3) is 0 Å². The summed E-state index contributed by atoms with van der Waals surface area (Å²) in [6, 6.07) is 0.815. The lowest BCUT2D eigenvalue weighted by Crippen LogP contribution is -2.35. The first-order valence-corrected chi connectivity index (χ1v) is 9.58. The molecule has 0 N–H and O–H groups in total. The molecule has 0 aromatic heterocycles. The van der Waals surface area contributed by atoms with Crippen LogP contribution in [0.1, 0.15) is 104 Å². The molecule has 0 aliphatic carbocycles. The molecule has 1 unspecified atom stereocenters. The molecule has 0 spiro atoms. The van der Waals surface area contributed by atoms with Crippen molar-refractivity contribution in [2.24, 2.45) is 0 Å². The molecule has 1 heteroatoms. The van der Waals surface area contributed by atoms with Gasteiger partial charge in [-0.2, -0.15) is 0 Å². The molecule has 1 fully saturated rings. The summed E-state index contributed by atoms with van der Waals surface area (Å²) in [6.07, 6.45) is 20.2. The molecule has 0 saturated carbocycles. The molecule has 1 nitrogen and oxygen atoms in total. The van der Waals surface area contributed by atoms with Crippen LogP contribution in [0.2, 0.25) is 0 Å². The normalized spacial score (nSPS) is 21.9. The Bertz CT molecular complexity index is 190. The van der Waals surface area contributed by atoms with Crippen LogP contribution in [-0.2, 0) is 0 Å². The lowest BCUT2D eigenvalue weighted by Gasteiger charge is -2.29. The molecule has 1 aliphatic rings.